The molecule has 0 heterocycles. The first-order valence-corrected chi connectivity index (χ1v) is 29.7. The van der Waals surface area contributed by atoms with Crippen LogP contribution >= 0.6 is 28.6 Å². The molecule has 6 rings (SSSR count). The molecule has 4 nitrogen and oxygen atoms in total. The van der Waals surface area contributed by atoms with E-state index in [1.165, 1.54) is 0 Å². The average Bonchev–Trinajstić information content (AvgIpc) is 3.12. The zero-order valence-corrected chi connectivity index (χ0v) is 35.3. The molecule has 0 N–H and O–H groups in total. The predicted molar refractivity (Wildman–Crippen MR) is 208 cm³/mol. The van der Waals surface area contributed by atoms with Crippen molar-refractivity contribution in [2.45, 2.75) is 225 Å². The molecule has 0 saturated heterocycles. The summed E-state index contributed by atoms with van der Waals surface area (Å²) in [7, 11) is -16.8. The molecule has 14 heteroatoms. The number of hydrogen-bond donors (Lipinski definition) is 0. The molecule has 0 aliphatic heterocycles. The average molecular weight is 837 g/mol. The fraction of sp³-hybridized carbons (Fsp3) is 1.00. The van der Waals surface area contributed by atoms with Gasteiger partial charge < -0.3 is 18.3 Å². The number of hydrogen-bond acceptors (Lipinski definition) is 4. The quantitative estimate of drug-likeness (QED) is 0.145. The predicted octanol–water partition coefficient (Wildman–Crippen LogP) is 14.0. The van der Waals surface area contributed by atoms with Crippen LogP contribution in [0.2, 0.25) is 0 Å². The van der Waals surface area contributed by atoms with Gasteiger partial charge in [0.25, 0.3) is 0 Å². The minimum Gasteiger partial charge on any atom is -0.322 e. The van der Waals surface area contributed by atoms with Crippen molar-refractivity contribution in [3.63, 3.8) is 0 Å². The molecule has 0 bridgehead atoms. The van der Waals surface area contributed by atoms with E-state index < -0.39 is 117 Å². The summed E-state index contributed by atoms with van der Waals surface area (Å²) in [6.45, 7) is 0. The fourth-order valence-corrected chi connectivity index (χ4v) is 39.6. The first-order chi connectivity index (χ1) is 25.2. The zero-order chi connectivity index (χ0) is 38.0. The highest BCUT2D eigenvalue weighted by Gasteiger charge is 2.60. The molecule has 53 heavy (non-hydrogen) atoms. The van der Waals surface area contributed by atoms with Crippen LogP contribution in [0.3, 0.4) is 0 Å². The zero-order valence-electron chi connectivity index (χ0n) is 31.7. The summed E-state index contributed by atoms with van der Waals surface area (Å²) < 4.78 is 161. The van der Waals surface area contributed by atoms with Crippen molar-refractivity contribution in [2.24, 2.45) is 0 Å². The fourth-order valence-electron chi connectivity index (χ4n) is 12.1. The van der Waals surface area contributed by atoms with E-state index in [-0.39, 0.29) is 77.0 Å². The molecular weight excluding hydrogens is 770 g/mol. The maximum atomic E-state index is 16.5. The smallest absolute Gasteiger partial charge is 0.110 e. The van der Waals surface area contributed by atoms with Crippen LogP contribution < -0.4 is 0 Å². The van der Waals surface area contributed by atoms with Gasteiger partial charge in [0.2, 0.25) is 0 Å². The Kier molecular flexibility index (Phi) is 14.8. The number of rotatable bonds is 12. The van der Waals surface area contributed by atoms with E-state index in [0.717, 1.165) is 0 Å². The summed E-state index contributed by atoms with van der Waals surface area (Å²) in [6, 6.07) is 0. The molecule has 0 amide bonds. The van der Waals surface area contributed by atoms with Crippen molar-refractivity contribution >= 4 is 28.6 Å². The summed E-state index contributed by atoms with van der Waals surface area (Å²) in [4.78, 5) is 0. The Morgan fingerprint density at radius 1 is 0.283 bits per heavy atom. The van der Waals surface area contributed by atoms with E-state index in [4.69, 9.17) is 0 Å². The summed E-state index contributed by atoms with van der Waals surface area (Å²) in [5.74, 6) is -2.03. The summed E-state index contributed by atoms with van der Waals surface area (Å²) >= 11 is 0. The second-order valence-electron chi connectivity index (χ2n) is 18.3. The largest absolute Gasteiger partial charge is 0.322 e. The Labute approximate surface area is 315 Å². The Hall–Kier alpha value is 0.500. The highest BCUT2D eigenvalue weighted by Crippen LogP contribution is 2.82. The Morgan fingerprint density at radius 3 is 0.585 bits per heavy atom. The van der Waals surface area contributed by atoms with Crippen LogP contribution in [0.4, 0.5) is 26.3 Å². The maximum Gasteiger partial charge on any atom is 0.110 e. The normalized spacial score (nSPS) is 43.7. The molecule has 0 aromatic rings. The minimum atomic E-state index is -4.43. The van der Waals surface area contributed by atoms with Crippen LogP contribution in [0.25, 0.3) is 0 Å². The molecule has 6 saturated carbocycles. The van der Waals surface area contributed by atoms with Crippen molar-refractivity contribution in [2.75, 3.05) is 17.7 Å². The maximum absolute atomic E-state index is 16.5. The van der Waals surface area contributed by atoms with Crippen LogP contribution in [-0.2, 0) is 18.3 Å². The van der Waals surface area contributed by atoms with E-state index in [0.29, 0.717) is 77.0 Å². The molecule has 6 aliphatic carbocycles. The standard InChI is InChI=1S/C39H66F6O4P4/c40-28-13-1-7-19-34(28)51(47,35-20-8-2-14-29(35)41)25-50(46,26-52(48,36-21-9-3-15-30(36)42)37-22-10-4-16-31(37)43)27-53(49,38-23-11-5-17-32(38)44)39-24-12-6-18-33(39)45/h28-39H,1-27H2. The van der Waals surface area contributed by atoms with E-state index in [1.807, 2.05) is 0 Å². The highest BCUT2D eigenvalue weighted by atomic mass is 31.3. The first kappa shape index (κ1) is 43.1. The molecule has 0 aromatic heterocycles. The summed E-state index contributed by atoms with van der Waals surface area (Å²) in [6.07, 6.45) is -0.274. The van der Waals surface area contributed by atoms with Crippen molar-refractivity contribution < 1.29 is 44.6 Å². The number of halogens is 6. The summed E-state index contributed by atoms with van der Waals surface area (Å²) in [5.41, 5.74) is -6.48. The second kappa shape index (κ2) is 18.2. The lowest BCUT2D eigenvalue weighted by Gasteiger charge is -2.47. The van der Waals surface area contributed by atoms with Crippen LogP contribution in [0.15, 0.2) is 0 Å². The molecular formula is C39H66F6O4P4. The third kappa shape index (κ3) is 9.22. The molecule has 0 spiro atoms. The van der Waals surface area contributed by atoms with Gasteiger partial charge in [-0.05, 0) is 77.0 Å². The SMILES string of the molecule is O=P(CP(=O)(C1CCCCC1F)C1CCCCC1F)(CP(=O)(C1CCCCC1F)C1CCCCC1F)CP(=O)(C1CCCCC1F)C1CCCCC1F. The van der Waals surface area contributed by atoms with Gasteiger partial charge in [0.15, 0.2) is 0 Å². The number of alkyl halides is 6. The molecule has 6 aliphatic rings. The van der Waals surface area contributed by atoms with Gasteiger partial charge in [-0.1, -0.05) is 77.0 Å². The topological polar surface area (TPSA) is 68.3 Å². The minimum absolute atomic E-state index is 0.133. The van der Waals surface area contributed by atoms with E-state index in [1.54, 1.807) is 0 Å². The van der Waals surface area contributed by atoms with Crippen molar-refractivity contribution in [3.05, 3.63) is 0 Å². The molecule has 12 unspecified atom stereocenters. The van der Waals surface area contributed by atoms with Crippen LogP contribution in [0, 0.1) is 0 Å². The lowest BCUT2D eigenvalue weighted by Crippen LogP contribution is -2.40. The Balaban J connectivity index is 1.52. The van der Waals surface area contributed by atoms with Gasteiger partial charge in [-0.3, -0.25) is 0 Å². The summed E-state index contributed by atoms with van der Waals surface area (Å²) in [5, 5.41) is 0. The van der Waals surface area contributed by atoms with Crippen molar-refractivity contribution in [1.29, 1.82) is 0 Å². The van der Waals surface area contributed by atoms with Crippen LogP contribution in [0.1, 0.15) is 154 Å². The lowest BCUT2D eigenvalue weighted by molar-refractivity contribution is 0.232. The highest BCUT2D eigenvalue weighted by molar-refractivity contribution is 7.93. The van der Waals surface area contributed by atoms with Gasteiger partial charge >= 0.3 is 0 Å². The molecule has 6 fully saturated rings. The van der Waals surface area contributed by atoms with E-state index >= 15 is 44.6 Å². The Bertz CT molecular complexity index is 1180. The molecule has 0 radical (unpaired) electrons. The molecule has 0 aromatic carbocycles. The van der Waals surface area contributed by atoms with Gasteiger partial charge in [-0.15, -0.1) is 0 Å². The lowest BCUT2D eigenvalue weighted by atomic mass is 9.98. The van der Waals surface area contributed by atoms with Crippen molar-refractivity contribution in [1.82, 2.24) is 0 Å². The third-order valence-electron chi connectivity index (χ3n) is 14.7. The Morgan fingerprint density at radius 2 is 0.434 bits per heavy atom. The van der Waals surface area contributed by atoms with E-state index in [2.05, 4.69) is 0 Å². The van der Waals surface area contributed by atoms with Gasteiger partial charge in [0, 0.05) is 34.0 Å². The van der Waals surface area contributed by atoms with Gasteiger partial charge in [0.05, 0.1) is 17.7 Å². The third-order valence-corrected chi connectivity index (χ3v) is 36.4. The van der Waals surface area contributed by atoms with Gasteiger partial charge in [-0.2, -0.15) is 0 Å². The molecule has 308 valence electrons. The van der Waals surface area contributed by atoms with Gasteiger partial charge in [-0.25, -0.2) is 26.3 Å². The monoisotopic (exact) mass is 836 g/mol. The van der Waals surface area contributed by atoms with E-state index in [9.17, 15) is 0 Å². The second-order valence-corrected chi connectivity index (χ2v) is 32.9. The van der Waals surface area contributed by atoms with Crippen LogP contribution in [-0.4, -0.2) is 88.7 Å². The molecule has 12 atom stereocenters. The first-order valence-electron chi connectivity index (χ1n) is 21.4. The van der Waals surface area contributed by atoms with Crippen LogP contribution in [0.5, 0.6) is 0 Å². The van der Waals surface area contributed by atoms with Crippen molar-refractivity contribution in [3.8, 4) is 0 Å². The van der Waals surface area contributed by atoms with Gasteiger partial charge in [0.1, 0.15) is 65.6 Å².